The fourth-order valence-electron chi connectivity index (χ4n) is 2.10. The quantitative estimate of drug-likeness (QED) is 0.720. The summed E-state index contributed by atoms with van der Waals surface area (Å²) in [5.74, 6) is -0.452. The van der Waals surface area contributed by atoms with Crippen molar-refractivity contribution in [2.24, 2.45) is 0 Å². The average molecular weight is 282 g/mol. The van der Waals surface area contributed by atoms with Crippen molar-refractivity contribution in [2.45, 2.75) is 38.4 Å². The first-order valence-electron chi connectivity index (χ1n) is 6.60. The zero-order valence-electron chi connectivity index (χ0n) is 11.1. The topological polar surface area (TPSA) is 41.6 Å². The van der Waals surface area contributed by atoms with Gasteiger partial charge in [-0.25, -0.2) is 0 Å². The maximum Gasteiger partial charge on any atom is 0.406 e. The first-order chi connectivity index (χ1) is 8.94. The van der Waals surface area contributed by atoms with Gasteiger partial charge in [0.2, 0.25) is 5.91 Å². The van der Waals surface area contributed by atoms with Crippen LogP contribution in [0.5, 0.6) is 0 Å². The maximum atomic E-state index is 12.5. The summed E-state index contributed by atoms with van der Waals surface area (Å²) in [4.78, 5) is 12.9. The van der Waals surface area contributed by atoms with Crippen LogP contribution in [0.1, 0.15) is 26.2 Å². The van der Waals surface area contributed by atoms with Gasteiger partial charge in [0.25, 0.3) is 0 Å². The van der Waals surface area contributed by atoms with E-state index < -0.39 is 24.7 Å². The number of rotatable bonds is 7. The molecule has 7 heteroatoms. The van der Waals surface area contributed by atoms with Crippen LogP contribution in [0.2, 0.25) is 0 Å². The lowest BCUT2D eigenvalue weighted by Gasteiger charge is -2.26. The molecule has 0 aliphatic carbocycles. The molecule has 0 aromatic carbocycles. The molecule has 0 saturated carbocycles. The van der Waals surface area contributed by atoms with Gasteiger partial charge in [0.1, 0.15) is 6.54 Å². The van der Waals surface area contributed by atoms with Gasteiger partial charge in [-0.05, 0) is 32.7 Å². The van der Waals surface area contributed by atoms with Gasteiger partial charge in [-0.3, -0.25) is 4.79 Å². The summed E-state index contributed by atoms with van der Waals surface area (Å²) in [6.45, 7) is 2.30. The van der Waals surface area contributed by atoms with Crippen molar-refractivity contribution >= 4 is 5.91 Å². The Labute approximate surface area is 111 Å². The van der Waals surface area contributed by atoms with Crippen molar-refractivity contribution in [3.05, 3.63) is 0 Å². The number of halogens is 3. The molecule has 1 aliphatic rings. The van der Waals surface area contributed by atoms with Crippen LogP contribution in [-0.2, 0) is 9.53 Å². The highest BCUT2D eigenvalue weighted by molar-refractivity contribution is 5.82. The summed E-state index contributed by atoms with van der Waals surface area (Å²) in [7, 11) is 0. The molecule has 1 aliphatic heterocycles. The van der Waals surface area contributed by atoms with Crippen molar-refractivity contribution < 1.29 is 22.7 Å². The fourth-order valence-corrected chi connectivity index (χ4v) is 2.10. The lowest BCUT2D eigenvalue weighted by molar-refractivity contribution is -0.162. The first-order valence-corrected chi connectivity index (χ1v) is 6.60. The number of nitrogens with zero attached hydrogens (tertiary/aromatic N) is 1. The predicted molar refractivity (Wildman–Crippen MR) is 64.8 cm³/mol. The number of amides is 1. The third kappa shape index (κ3) is 6.24. The Morgan fingerprint density at radius 3 is 2.74 bits per heavy atom. The number of hydrogen-bond donors (Lipinski definition) is 1. The van der Waals surface area contributed by atoms with E-state index in [9.17, 15) is 18.0 Å². The second-order valence-electron chi connectivity index (χ2n) is 4.57. The third-order valence-corrected chi connectivity index (χ3v) is 2.96. The summed E-state index contributed by atoms with van der Waals surface area (Å²) in [6.07, 6.45) is -2.50. The molecule has 4 nitrogen and oxygen atoms in total. The highest BCUT2D eigenvalue weighted by atomic mass is 19.4. The van der Waals surface area contributed by atoms with Gasteiger partial charge >= 0.3 is 6.18 Å². The lowest BCUT2D eigenvalue weighted by atomic mass is 10.2. The molecule has 0 aromatic heterocycles. The van der Waals surface area contributed by atoms with Crippen molar-refractivity contribution in [1.29, 1.82) is 0 Å². The normalized spacial score (nSPS) is 19.7. The first kappa shape index (κ1) is 16.2. The van der Waals surface area contributed by atoms with Crippen LogP contribution < -0.4 is 5.32 Å². The summed E-state index contributed by atoms with van der Waals surface area (Å²) in [6, 6.07) is -0.463. The van der Waals surface area contributed by atoms with Gasteiger partial charge in [-0.2, -0.15) is 13.2 Å². The molecule has 1 N–H and O–H groups in total. The van der Waals surface area contributed by atoms with Gasteiger partial charge < -0.3 is 15.0 Å². The highest BCUT2D eigenvalue weighted by Crippen LogP contribution is 2.18. The monoisotopic (exact) mass is 282 g/mol. The standard InChI is InChI=1S/C12H21F3N2O2/c1-2-19-8-4-7-17(9-12(13,14)15)11(18)10-5-3-6-16-10/h10,16H,2-9H2,1H3/t10-/m1/s1. The molecule has 0 radical (unpaired) electrons. The van der Waals surface area contributed by atoms with Gasteiger partial charge in [0, 0.05) is 19.8 Å². The van der Waals surface area contributed by atoms with Crippen LogP contribution in [0.4, 0.5) is 13.2 Å². The van der Waals surface area contributed by atoms with Crippen molar-refractivity contribution in [2.75, 3.05) is 32.8 Å². The largest absolute Gasteiger partial charge is 0.406 e. The van der Waals surface area contributed by atoms with Gasteiger partial charge in [0.05, 0.1) is 6.04 Å². The minimum Gasteiger partial charge on any atom is -0.382 e. The van der Waals surface area contributed by atoms with E-state index in [1.165, 1.54) is 0 Å². The van der Waals surface area contributed by atoms with Crippen LogP contribution in [0.3, 0.4) is 0 Å². The van der Waals surface area contributed by atoms with Crippen molar-refractivity contribution in [3.8, 4) is 0 Å². The zero-order valence-corrected chi connectivity index (χ0v) is 11.1. The molecule has 1 fully saturated rings. The van der Waals surface area contributed by atoms with E-state index in [1.54, 1.807) is 0 Å². The van der Waals surface area contributed by atoms with Crippen LogP contribution in [0.25, 0.3) is 0 Å². The van der Waals surface area contributed by atoms with Gasteiger partial charge in [-0.15, -0.1) is 0 Å². The van der Waals surface area contributed by atoms with E-state index in [0.29, 0.717) is 32.6 Å². The van der Waals surface area contributed by atoms with Crippen LogP contribution in [0.15, 0.2) is 0 Å². The molecule has 1 rings (SSSR count). The summed E-state index contributed by atoms with van der Waals surface area (Å²) in [5, 5.41) is 2.93. The average Bonchev–Trinajstić information content (AvgIpc) is 2.84. The van der Waals surface area contributed by atoms with E-state index >= 15 is 0 Å². The number of carbonyl (C=O) groups is 1. The molecule has 1 amide bonds. The van der Waals surface area contributed by atoms with Crippen molar-refractivity contribution in [1.82, 2.24) is 10.2 Å². The van der Waals surface area contributed by atoms with Crippen molar-refractivity contribution in [3.63, 3.8) is 0 Å². The second-order valence-corrected chi connectivity index (χ2v) is 4.57. The summed E-state index contributed by atoms with van der Waals surface area (Å²) < 4.78 is 42.5. The number of hydrogen-bond acceptors (Lipinski definition) is 3. The molecule has 0 aromatic rings. The Balaban J connectivity index is 2.49. The number of ether oxygens (including phenoxy) is 1. The molecule has 1 saturated heterocycles. The van der Waals surface area contributed by atoms with Crippen LogP contribution in [0, 0.1) is 0 Å². The van der Waals surface area contributed by atoms with E-state index in [1.807, 2.05) is 6.92 Å². The summed E-state index contributed by atoms with van der Waals surface area (Å²) in [5.41, 5.74) is 0. The Morgan fingerprint density at radius 2 is 2.21 bits per heavy atom. The molecule has 0 spiro atoms. The Morgan fingerprint density at radius 1 is 1.47 bits per heavy atom. The molecule has 112 valence electrons. The van der Waals surface area contributed by atoms with E-state index in [4.69, 9.17) is 4.74 Å². The molecule has 1 atom stereocenters. The van der Waals surface area contributed by atoms with E-state index in [-0.39, 0.29) is 6.54 Å². The predicted octanol–water partition coefficient (Wildman–Crippen LogP) is 1.56. The molecular formula is C12H21F3N2O2. The van der Waals surface area contributed by atoms with E-state index in [0.717, 1.165) is 11.3 Å². The minimum atomic E-state index is -4.36. The SMILES string of the molecule is CCOCCCN(CC(F)(F)F)C(=O)[C@H]1CCCN1. The van der Waals surface area contributed by atoms with E-state index in [2.05, 4.69) is 5.32 Å². The Bertz CT molecular complexity index is 279. The van der Waals surface area contributed by atoms with Crippen LogP contribution in [-0.4, -0.2) is 55.9 Å². The smallest absolute Gasteiger partial charge is 0.382 e. The fraction of sp³-hybridized carbons (Fsp3) is 0.917. The number of carbonyl (C=O) groups excluding carboxylic acids is 1. The zero-order chi connectivity index (χ0) is 14.3. The van der Waals surface area contributed by atoms with Gasteiger partial charge in [-0.1, -0.05) is 0 Å². The molecular weight excluding hydrogens is 261 g/mol. The second kappa shape index (κ2) is 7.69. The third-order valence-electron chi connectivity index (χ3n) is 2.96. The van der Waals surface area contributed by atoms with Crippen LogP contribution >= 0.6 is 0 Å². The Kier molecular flexibility index (Phi) is 6.57. The summed E-state index contributed by atoms with van der Waals surface area (Å²) >= 11 is 0. The molecule has 0 bridgehead atoms. The highest BCUT2D eigenvalue weighted by Gasteiger charge is 2.35. The molecule has 19 heavy (non-hydrogen) atoms. The maximum absolute atomic E-state index is 12.5. The molecule has 0 unspecified atom stereocenters. The molecule has 1 heterocycles. The van der Waals surface area contributed by atoms with Gasteiger partial charge in [0.15, 0.2) is 0 Å². The Hall–Kier alpha value is -0.820. The number of nitrogens with one attached hydrogen (secondary N) is 1. The number of alkyl halides is 3. The lowest BCUT2D eigenvalue weighted by Crippen LogP contribution is -2.47. The minimum absolute atomic E-state index is 0.0799.